The largest absolute Gasteiger partial charge is 0.399 e. The molecule has 1 saturated heterocycles. The van der Waals surface area contributed by atoms with Gasteiger partial charge in [-0.1, -0.05) is 11.2 Å². The lowest BCUT2D eigenvalue weighted by Crippen LogP contribution is -2.48. The number of rotatable bonds is 3. The van der Waals surface area contributed by atoms with Crippen LogP contribution in [0.15, 0.2) is 34.9 Å². The van der Waals surface area contributed by atoms with Gasteiger partial charge in [-0.15, -0.1) is 0 Å². The number of hydrogen-bond acceptors (Lipinski definition) is 5. The molecule has 2 N–H and O–H groups in total. The SMILES string of the molecule is Cc1cc(CN2CCN(C(=O)c3cccc(N)c3)CC2)on1. The van der Waals surface area contributed by atoms with Crippen LogP contribution in [0.1, 0.15) is 21.8 Å². The Kier molecular flexibility index (Phi) is 4.11. The van der Waals surface area contributed by atoms with E-state index < -0.39 is 0 Å². The molecule has 1 amide bonds. The van der Waals surface area contributed by atoms with Gasteiger partial charge in [-0.2, -0.15) is 0 Å². The zero-order valence-corrected chi connectivity index (χ0v) is 12.7. The van der Waals surface area contributed by atoms with Crippen LogP contribution < -0.4 is 5.73 Å². The van der Waals surface area contributed by atoms with Crippen molar-refractivity contribution in [3.05, 3.63) is 47.3 Å². The zero-order chi connectivity index (χ0) is 15.5. The van der Waals surface area contributed by atoms with Crippen LogP contribution in [0.25, 0.3) is 0 Å². The van der Waals surface area contributed by atoms with Crippen molar-refractivity contribution >= 4 is 11.6 Å². The van der Waals surface area contributed by atoms with Gasteiger partial charge in [0.15, 0.2) is 5.76 Å². The Balaban J connectivity index is 1.56. The van der Waals surface area contributed by atoms with Crippen LogP contribution in [0.5, 0.6) is 0 Å². The van der Waals surface area contributed by atoms with Crippen LogP contribution in [-0.4, -0.2) is 47.0 Å². The van der Waals surface area contributed by atoms with Crippen LogP contribution >= 0.6 is 0 Å². The topological polar surface area (TPSA) is 75.6 Å². The van der Waals surface area contributed by atoms with Crippen LogP contribution in [0.3, 0.4) is 0 Å². The Labute approximate surface area is 129 Å². The molecule has 6 heteroatoms. The molecule has 6 nitrogen and oxygen atoms in total. The number of amides is 1. The molecular formula is C16H20N4O2. The lowest BCUT2D eigenvalue weighted by Gasteiger charge is -2.34. The van der Waals surface area contributed by atoms with E-state index in [1.165, 1.54) is 0 Å². The number of anilines is 1. The summed E-state index contributed by atoms with van der Waals surface area (Å²) in [6.45, 7) is 5.72. The Morgan fingerprint density at radius 3 is 2.68 bits per heavy atom. The van der Waals surface area contributed by atoms with Gasteiger partial charge in [0, 0.05) is 43.5 Å². The molecule has 3 rings (SSSR count). The number of aryl methyl sites for hydroxylation is 1. The van der Waals surface area contributed by atoms with E-state index in [-0.39, 0.29) is 5.91 Å². The first-order valence-electron chi connectivity index (χ1n) is 7.41. The van der Waals surface area contributed by atoms with Crippen molar-refractivity contribution in [1.29, 1.82) is 0 Å². The molecule has 1 aromatic heterocycles. The maximum Gasteiger partial charge on any atom is 0.254 e. The first-order valence-corrected chi connectivity index (χ1v) is 7.41. The van der Waals surface area contributed by atoms with Gasteiger partial charge in [-0.3, -0.25) is 9.69 Å². The third-order valence-corrected chi connectivity index (χ3v) is 3.85. The van der Waals surface area contributed by atoms with Crippen molar-refractivity contribution in [2.75, 3.05) is 31.9 Å². The van der Waals surface area contributed by atoms with Crippen molar-refractivity contribution in [3.8, 4) is 0 Å². The smallest absolute Gasteiger partial charge is 0.254 e. The standard InChI is InChI=1S/C16H20N4O2/c1-12-9-15(22-18-12)11-19-5-7-20(8-6-19)16(21)13-3-2-4-14(17)10-13/h2-4,9-10H,5-8,11,17H2,1H3. The summed E-state index contributed by atoms with van der Waals surface area (Å²) in [5.74, 6) is 0.913. The summed E-state index contributed by atoms with van der Waals surface area (Å²) in [6, 6.07) is 9.08. The molecule has 1 aromatic carbocycles. The van der Waals surface area contributed by atoms with Gasteiger partial charge < -0.3 is 15.2 Å². The zero-order valence-electron chi connectivity index (χ0n) is 12.7. The Morgan fingerprint density at radius 1 is 1.27 bits per heavy atom. The molecule has 0 radical (unpaired) electrons. The Morgan fingerprint density at radius 2 is 2.05 bits per heavy atom. The summed E-state index contributed by atoms with van der Waals surface area (Å²) in [5.41, 5.74) is 7.90. The van der Waals surface area contributed by atoms with Crippen LogP contribution in [0.4, 0.5) is 5.69 Å². The van der Waals surface area contributed by atoms with Gasteiger partial charge in [-0.25, -0.2) is 0 Å². The fourth-order valence-corrected chi connectivity index (χ4v) is 2.67. The summed E-state index contributed by atoms with van der Waals surface area (Å²) in [4.78, 5) is 16.6. The minimum atomic E-state index is 0.0439. The maximum absolute atomic E-state index is 12.4. The number of aromatic nitrogens is 1. The number of nitrogens with two attached hydrogens (primary N) is 1. The van der Waals surface area contributed by atoms with Crippen molar-refractivity contribution in [3.63, 3.8) is 0 Å². The quantitative estimate of drug-likeness (QED) is 0.870. The highest BCUT2D eigenvalue weighted by Gasteiger charge is 2.22. The summed E-state index contributed by atoms with van der Waals surface area (Å²) in [5, 5.41) is 3.90. The van der Waals surface area contributed by atoms with E-state index in [1.54, 1.807) is 12.1 Å². The fraction of sp³-hybridized carbons (Fsp3) is 0.375. The third-order valence-electron chi connectivity index (χ3n) is 3.85. The summed E-state index contributed by atoms with van der Waals surface area (Å²) >= 11 is 0. The Bertz CT molecular complexity index is 660. The molecule has 0 unspecified atom stereocenters. The van der Waals surface area contributed by atoms with Crippen molar-refractivity contribution in [1.82, 2.24) is 15.0 Å². The van der Waals surface area contributed by atoms with E-state index in [0.29, 0.717) is 24.3 Å². The highest BCUT2D eigenvalue weighted by Crippen LogP contribution is 2.14. The van der Waals surface area contributed by atoms with E-state index in [9.17, 15) is 4.79 Å². The van der Waals surface area contributed by atoms with E-state index in [1.807, 2.05) is 30.0 Å². The number of nitrogens with zero attached hydrogens (tertiary/aromatic N) is 3. The normalized spacial score (nSPS) is 16.0. The van der Waals surface area contributed by atoms with Crippen LogP contribution in [0, 0.1) is 6.92 Å². The first-order chi connectivity index (χ1) is 10.6. The average molecular weight is 300 g/mol. The van der Waals surface area contributed by atoms with Gasteiger partial charge in [0.25, 0.3) is 5.91 Å². The van der Waals surface area contributed by atoms with Gasteiger partial charge in [0.05, 0.1) is 12.2 Å². The van der Waals surface area contributed by atoms with E-state index in [0.717, 1.165) is 31.1 Å². The first kappa shape index (κ1) is 14.6. The number of benzene rings is 1. The summed E-state index contributed by atoms with van der Waals surface area (Å²) < 4.78 is 5.24. The molecule has 2 aromatic rings. The molecule has 22 heavy (non-hydrogen) atoms. The molecule has 0 spiro atoms. The second kappa shape index (κ2) is 6.19. The monoisotopic (exact) mass is 300 g/mol. The van der Waals surface area contributed by atoms with Gasteiger partial charge in [0.2, 0.25) is 0 Å². The number of carbonyl (C=O) groups excluding carboxylic acids is 1. The molecule has 0 bridgehead atoms. The maximum atomic E-state index is 12.4. The van der Waals surface area contributed by atoms with Crippen molar-refractivity contribution < 1.29 is 9.32 Å². The van der Waals surface area contributed by atoms with E-state index >= 15 is 0 Å². The minimum Gasteiger partial charge on any atom is -0.399 e. The molecule has 1 aliphatic rings. The second-order valence-electron chi connectivity index (χ2n) is 5.63. The molecule has 1 fully saturated rings. The van der Waals surface area contributed by atoms with E-state index in [4.69, 9.17) is 10.3 Å². The molecule has 0 aliphatic carbocycles. The minimum absolute atomic E-state index is 0.0439. The number of carbonyl (C=O) groups is 1. The number of piperazine rings is 1. The second-order valence-corrected chi connectivity index (χ2v) is 5.63. The predicted molar refractivity (Wildman–Crippen MR) is 83.3 cm³/mol. The van der Waals surface area contributed by atoms with Crippen LogP contribution in [0.2, 0.25) is 0 Å². The fourth-order valence-electron chi connectivity index (χ4n) is 2.67. The predicted octanol–water partition coefficient (Wildman–Crippen LogP) is 1.52. The Hall–Kier alpha value is -2.34. The van der Waals surface area contributed by atoms with Gasteiger partial charge in [-0.05, 0) is 25.1 Å². The molecular weight excluding hydrogens is 280 g/mol. The average Bonchev–Trinajstić information content (AvgIpc) is 2.92. The molecule has 1 aliphatic heterocycles. The molecule has 116 valence electrons. The highest BCUT2D eigenvalue weighted by atomic mass is 16.5. The third kappa shape index (κ3) is 3.28. The molecule has 0 saturated carbocycles. The van der Waals surface area contributed by atoms with Gasteiger partial charge in [0.1, 0.15) is 0 Å². The van der Waals surface area contributed by atoms with Crippen LogP contribution in [-0.2, 0) is 6.54 Å². The van der Waals surface area contributed by atoms with Crippen molar-refractivity contribution in [2.24, 2.45) is 0 Å². The lowest BCUT2D eigenvalue weighted by molar-refractivity contribution is 0.0617. The lowest BCUT2D eigenvalue weighted by atomic mass is 10.1. The highest BCUT2D eigenvalue weighted by molar-refractivity contribution is 5.95. The molecule has 0 atom stereocenters. The van der Waals surface area contributed by atoms with Gasteiger partial charge >= 0.3 is 0 Å². The van der Waals surface area contributed by atoms with E-state index in [2.05, 4.69) is 10.1 Å². The number of nitrogen functional groups attached to an aromatic ring is 1. The molecule has 2 heterocycles. The van der Waals surface area contributed by atoms with Crippen molar-refractivity contribution in [2.45, 2.75) is 13.5 Å². The summed E-state index contributed by atoms with van der Waals surface area (Å²) in [6.07, 6.45) is 0. The number of hydrogen-bond donors (Lipinski definition) is 1. The summed E-state index contributed by atoms with van der Waals surface area (Å²) in [7, 11) is 0.